The van der Waals surface area contributed by atoms with Crippen LogP contribution in [0.5, 0.6) is 11.5 Å². The van der Waals surface area contributed by atoms with E-state index in [4.69, 9.17) is 9.47 Å². The van der Waals surface area contributed by atoms with Crippen LogP contribution >= 0.6 is 11.3 Å². The molecule has 1 amide bonds. The van der Waals surface area contributed by atoms with Crippen LogP contribution in [0.1, 0.15) is 15.9 Å². The largest absolute Gasteiger partial charge is 0.496 e. The van der Waals surface area contributed by atoms with E-state index in [1.165, 1.54) is 25.6 Å². The fraction of sp³-hybridized carbons (Fsp3) is 0.200. The zero-order valence-electron chi connectivity index (χ0n) is 15.0. The molecule has 0 N–H and O–H groups in total. The van der Waals surface area contributed by atoms with Crippen LogP contribution in [0.15, 0.2) is 54.0 Å². The van der Waals surface area contributed by atoms with Crippen molar-refractivity contribution >= 4 is 27.5 Å². The summed E-state index contributed by atoms with van der Waals surface area (Å²) < 4.78 is 13.7. The fourth-order valence-electron chi connectivity index (χ4n) is 2.78. The molecule has 0 bridgehead atoms. The topological polar surface area (TPSA) is 52.8 Å². The van der Waals surface area contributed by atoms with Crippen LogP contribution in [-0.4, -0.2) is 24.7 Å². The normalized spacial score (nSPS) is 11.6. The number of hydrogen-bond donors (Lipinski definition) is 0. The van der Waals surface area contributed by atoms with Crippen molar-refractivity contribution in [2.24, 2.45) is 4.99 Å². The van der Waals surface area contributed by atoms with Gasteiger partial charge >= 0.3 is 0 Å². The van der Waals surface area contributed by atoms with Crippen LogP contribution < -0.4 is 14.3 Å². The summed E-state index contributed by atoms with van der Waals surface area (Å²) in [6.07, 6.45) is 1.79. The number of hydrogen-bond acceptors (Lipinski definition) is 4. The summed E-state index contributed by atoms with van der Waals surface area (Å²) in [5.41, 5.74) is 2.50. The number of aryl methyl sites for hydroxylation is 1. The number of carbonyl (C=O) groups excluding carboxylic acids is 1. The van der Waals surface area contributed by atoms with Gasteiger partial charge in [0.25, 0.3) is 5.91 Å². The second-order valence-electron chi connectivity index (χ2n) is 5.71. The monoisotopic (exact) mass is 368 g/mol. The SMILES string of the molecule is C=CCn1c(=NC(=O)c2c(OC)cccc2OC)sc2cc(C)ccc21. The van der Waals surface area contributed by atoms with Crippen LogP contribution in [0.2, 0.25) is 0 Å². The predicted molar refractivity (Wildman–Crippen MR) is 104 cm³/mol. The van der Waals surface area contributed by atoms with Gasteiger partial charge < -0.3 is 14.0 Å². The number of methoxy groups -OCH3 is 2. The summed E-state index contributed by atoms with van der Waals surface area (Å²) in [4.78, 5) is 17.9. The molecule has 1 heterocycles. The van der Waals surface area contributed by atoms with E-state index >= 15 is 0 Å². The van der Waals surface area contributed by atoms with Crippen LogP contribution in [0.3, 0.4) is 0 Å². The second-order valence-corrected chi connectivity index (χ2v) is 6.72. The number of amides is 1. The van der Waals surface area contributed by atoms with Gasteiger partial charge in [0.2, 0.25) is 0 Å². The third-order valence-corrected chi connectivity index (χ3v) is 5.03. The number of carbonyl (C=O) groups is 1. The molecule has 0 aliphatic rings. The molecule has 3 aromatic rings. The van der Waals surface area contributed by atoms with Gasteiger partial charge in [0.1, 0.15) is 17.1 Å². The van der Waals surface area contributed by atoms with Crippen molar-refractivity contribution in [2.45, 2.75) is 13.5 Å². The zero-order valence-corrected chi connectivity index (χ0v) is 15.8. The van der Waals surface area contributed by atoms with Crippen LogP contribution in [0, 0.1) is 6.92 Å². The van der Waals surface area contributed by atoms with Crippen LogP contribution in [0.25, 0.3) is 10.2 Å². The van der Waals surface area contributed by atoms with E-state index in [2.05, 4.69) is 17.6 Å². The second kappa shape index (κ2) is 7.58. The molecule has 0 radical (unpaired) electrons. The standard InChI is InChI=1S/C20H20N2O3S/c1-5-11-22-14-10-9-13(2)12-17(14)26-20(22)21-19(23)18-15(24-3)7-6-8-16(18)25-4/h5-10,12H,1,11H2,2-4H3. The molecule has 26 heavy (non-hydrogen) atoms. The lowest BCUT2D eigenvalue weighted by Crippen LogP contribution is -2.16. The van der Waals surface area contributed by atoms with Gasteiger partial charge in [0.15, 0.2) is 4.80 Å². The van der Waals surface area contributed by atoms with Gasteiger partial charge in [0.05, 0.1) is 24.4 Å². The Labute approximate surface area is 155 Å². The average Bonchev–Trinajstić information content (AvgIpc) is 2.97. The first kappa shape index (κ1) is 17.9. The van der Waals surface area contributed by atoms with E-state index in [1.807, 2.05) is 23.6 Å². The molecule has 1 aromatic heterocycles. The minimum Gasteiger partial charge on any atom is -0.496 e. The van der Waals surface area contributed by atoms with E-state index in [0.29, 0.717) is 28.4 Å². The molecule has 0 aliphatic heterocycles. The molecular formula is C20H20N2O3S. The number of thiazole rings is 1. The minimum absolute atomic E-state index is 0.316. The molecule has 0 fully saturated rings. The van der Waals surface area contributed by atoms with Crippen molar-refractivity contribution in [1.29, 1.82) is 0 Å². The van der Waals surface area contributed by atoms with Gasteiger partial charge in [0, 0.05) is 6.54 Å². The first-order valence-corrected chi connectivity index (χ1v) is 8.91. The Bertz CT molecular complexity index is 1020. The van der Waals surface area contributed by atoms with E-state index in [-0.39, 0.29) is 0 Å². The van der Waals surface area contributed by atoms with Gasteiger partial charge in [-0.2, -0.15) is 4.99 Å². The first-order valence-electron chi connectivity index (χ1n) is 8.10. The van der Waals surface area contributed by atoms with E-state index < -0.39 is 5.91 Å². The Morgan fingerprint density at radius 3 is 2.54 bits per heavy atom. The fourth-order valence-corrected chi connectivity index (χ4v) is 3.91. The predicted octanol–water partition coefficient (Wildman–Crippen LogP) is 3.96. The quantitative estimate of drug-likeness (QED) is 0.641. The number of rotatable bonds is 5. The third kappa shape index (κ3) is 3.28. The van der Waals surface area contributed by atoms with Crippen LogP contribution in [-0.2, 0) is 6.54 Å². The number of fused-ring (bicyclic) bond motifs is 1. The zero-order chi connectivity index (χ0) is 18.7. The Morgan fingerprint density at radius 2 is 1.92 bits per heavy atom. The highest BCUT2D eigenvalue weighted by Crippen LogP contribution is 2.29. The lowest BCUT2D eigenvalue weighted by molar-refractivity contribution is 0.0992. The van der Waals surface area contributed by atoms with E-state index in [9.17, 15) is 4.79 Å². The van der Waals surface area contributed by atoms with E-state index in [0.717, 1.165) is 15.8 Å². The summed E-state index contributed by atoms with van der Waals surface area (Å²) in [5, 5.41) is 0. The lowest BCUT2D eigenvalue weighted by Gasteiger charge is -2.09. The maximum atomic E-state index is 12.9. The number of nitrogens with zero attached hydrogens (tertiary/aromatic N) is 2. The Hall–Kier alpha value is -2.86. The van der Waals surface area contributed by atoms with Gasteiger partial charge in [-0.25, -0.2) is 0 Å². The van der Waals surface area contributed by atoms with Crippen molar-refractivity contribution in [3.8, 4) is 11.5 Å². The molecule has 134 valence electrons. The smallest absolute Gasteiger partial charge is 0.287 e. The van der Waals surface area contributed by atoms with Crippen LogP contribution in [0.4, 0.5) is 0 Å². The third-order valence-electron chi connectivity index (χ3n) is 3.99. The highest BCUT2D eigenvalue weighted by atomic mass is 32.1. The van der Waals surface area contributed by atoms with Gasteiger partial charge in [-0.15, -0.1) is 6.58 Å². The Kier molecular flexibility index (Phi) is 5.23. The van der Waals surface area contributed by atoms with Crippen molar-refractivity contribution in [3.63, 3.8) is 0 Å². The van der Waals surface area contributed by atoms with Crippen molar-refractivity contribution in [3.05, 3.63) is 65.0 Å². The minimum atomic E-state index is -0.402. The lowest BCUT2D eigenvalue weighted by atomic mass is 10.1. The highest BCUT2D eigenvalue weighted by molar-refractivity contribution is 7.16. The summed E-state index contributed by atoms with van der Waals surface area (Å²) in [6, 6.07) is 11.4. The molecule has 0 atom stereocenters. The van der Waals surface area contributed by atoms with Crippen molar-refractivity contribution in [1.82, 2.24) is 4.57 Å². The molecule has 6 heteroatoms. The van der Waals surface area contributed by atoms with Gasteiger partial charge in [-0.1, -0.05) is 29.5 Å². The van der Waals surface area contributed by atoms with E-state index in [1.54, 1.807) is 24.3 Å². The highest BCUT2D eigenvalue weighted by Gasteiger charge is 2.18. The molecular weight excluding hydrogens is 348 g/mol. The molecule has 0 saturated heterocycles. The van der Waals surface area contributed by atoms with Gasteiger partial charge in [-0.3, -0.25) is 4.79 Å². The maximum Gasteiger partial charge on any atom is 0.287 e. The molecule has 0 spiro atoms. The summed E-state index contributed by atoms with van der Waals surface area (Å²) in [6.45, 7) is 6.42. The van der Waals surface area contributed by atoms with Crippen molar-refractivity contribution < 1.29 is 14.3 Å². The summed E-state index contributed by atoms with van der Waals surface area (Å²) in [7, 11) is 3.04. The number of ether oxygens (including phenoxy) is 2. The average molecular weight is 368 g/mol. The first-order chi connectivity index (χ1) is 12.6. The number of benzene rings is 2. The molecule has 0 unspecified atom stereocenters. The number of allylic oxidation sites excluding steroid dienone is 1. The maximum absolute atomic E-state index is 12.9. The molecule has 5 nitrogen and oxygen atoms in total. The molecule has 2 aromatic carbocycles. The Balaban J connectivity index is 2.20. The van der Waals surface area contributed by atoms with Crippen molar-refractivity contribution in [2.75, 3.05) is 14.2 Å². The number of aromatic nitrogens is 1. The molecule has 3 rings (SSSR count). The summed E-state index contributed by atoms with van der Waals surface area (Å²) in [5.74, 6) is 0.469. The molecule has 0 saturated carbocycles. The molecule has 0 aliphatic carbocycles. The van der Waals surface area contributed by atoms with Gasteiger partial charge in [-0.05, 0) is 36.8 Å². The Morgan fingerprint density at radius 1 is 1.23 bits per heavy atom. The summed E-state index contributed by atoms with van der Waals surface area (Å²) >= 11 is 1.47.